The first-order valence-electron chi connectivity index (χ1n) is 4.13. The molecule has 2 nitrogen and oxygen atoms in total. The molecular formula is C10H8ClNO. The summed E-state index contributed by atoms with van der Waals surface area (Å²) in [5, 5.41) is 0.736. The SMILES string of the molecule is O=C=N[C@H]1C[C@@H]1c1ccc(Cl)cc1. The number of halogens is 1. The van der Waals surface area contributed by atoms with Gasteiger partial charge in [-0.15, -0.1) is 0 Å². The van der Waals surface area contributed by atoms with Crippen molar-refractivity contribution in [1.29, 1.82) is 0 Å². The van der Waals surface area contributed by atoms with Crippen LogP contribution >= 0.6 is 11.6 Å². The van der Waals surface area contributed by atoms with Gasteiger partial charge in [-0.3, -0.25) is 0 Å². The number of isocyanates is 1. The molecule has 2 rings (SSSR count). The minimum Gasteiger partial charge on any atom is -0.211 e. The Hall–Kier alpha value is -1.11. The quantitative estimate of drug-likeness (QED) is 0.524. The number of hydrogen-bond acceptors (Lipinski definition) is 2. The second-order valence-electron chi connectivity index (χ2n) is 3.18. The molecule has 0 aromatic heterocycles. The van der Waals surface area contributed by atoms with Gasteiger partial charge in [0.2, 0.25) is 6.08 Å². The third kappa shape index (κ3) is 1.80. The van der Waals surface area contributed by atoms with E-state index in [1.165, 1.54) is 5.56 Å². The van der Waals surface area contributed by atoms with Crippen molar-refractivity contribution in [3.63, 3.8) is 0 Å². The molecule has 66 valence electrons. The molecule has 0 unspecified atom stereocenters. The predicted molar refractivity (Wildman–Crippen MR) is 50.7 cm³/mol. The molecule has 0 spiro atoms. The maximum Gasteiger partial charge on any atom is 0.235 e. The van der Waals surface area contributed by atoms with Crippen LogP contribution in [0.25, 0.3) is 0 Å². The van der Waals surface area contributed by atoms with Crippen LogP contribution in [0.2, 0.25) is 5.02 Å². The van der Waals surface area contributed by atoms with Crippen molar-refractivity contribution in [3.05, 3.63) is 34.9 Å². The highest BCUT2D eigenvalue weighted by atomic mass is 35.5. The number of hydrogen-bond donors (Lipinski definition) is 0. The van der Waals surface area contributed by atoms with Crippen LogP contribution < -0.4 is 0 Å². The van der Waals surface area contributed by atoms with Crippen molar-refractivity contribution < 1.29 is 4.79 Å². The van der Waals surface area contributed by atoms with Crippen molar-refractivity contribution in [2.75, 3.05) is 0 Å². The van der Waals surface area contributed by atoms with Gasteiger partial charge in [-0.2, -0.15) is 0 Å². The fourth-order valence-electron chi connectivity index (χ4n) is 1.46. The number of nitrogens with zero attached hydrogens (tertiary/aromatic N) is 1. The van der Waals surface area contributed by atoms with E-state index < -0.39 is 0 Å². The van der Waals surface area contributed by atoms with Gasteiger partial charge in [0.05, 0.1) is 6.04 Å². The first-order valence-corrected chi connectivity index (χ1v) is 4.51. The molecule has 1 aliphatic rings. The Kier molecular flexibility index (Phi) is 2.17. The molecule has 0 N–H and O–H groups in total. The van der Waals surface area contributed by atoms with Gasteiger partial charge in [0, 0.05) is 10.9 Å². The highest BCUT2D eigenvalue weighted by molar-refractivity contribution is 6.30. The molecule has 0 saturated heterocycles. The lowest BCUT2D eigenvalue weighted by Crippen LogP contribution is -1.83. The van der Waals surface area contributed by atoms with Gasteiger partial charge in [0.15, 0.2) is 0 Å². The number of rotatable bonds is 2. The van der Waals surface area contributed by atoms with Crippen LogP contribution in [-0.2, 0) is 4.79 Å². The minimum absolute atomic E-state index is 0.152. The molecule has 1 aliphatic carbocycles. The van der Waals surface area contributed by atoms with E-state index in [1.54, 1.807) is 6.08 Å². The second kappa shape index (κ2) is 3.33. The highest BCUT2D eigenvalue weighted by Crippen LogP contribution is 2.43. The van der Waals surface area contributed by atoms with Crippen LogP contribution in [0.15, 0.2) is 29.3 Å². The Balaban J connectivity index is 2.12. The second-order valence-corrected chi connectivity index (χ2v) is 3.62. The Labute approximate surface area is 81.2 Å². The zero-order valence-corrected chi connectivity index (χ0v) is 7.66. The summed E-state index contributed by atoms with van der Waals surface area (Å²) in [6, 6.07) is 7.83. The van der Waals surface area contributed by atoms with E-state index in [2.05, 4.69) is 4.99 Å². The Morgan fingerprint density at radius 1 is 1.38 bits per heavy atom. The summed E-state index contributed by atoms with van der Waals surface area (Å²) in [4.78, 5) is 13.7. The smallest absolute Gasteiger partial charge is 0.211 e. The summed E-state index contributed by atoms with van der Waals surface area (Å²) >= 11 is 5.75. The molecule has 1 fully saturated rings. The topological polar surface area (TPSA) is 29.4 Å². The maximum absolute atomic E-state index is 9.97. The minimum atomic E-state index is 0.152. The molecule has 0 amide bonds. The van der Waals surface area contributed by atoms with Crippen LogP contribution in [0.5, 0.6) is 0 Å². The third-order valence-corrected chi connectivity index (χ3v) is 2.53. The molecule has 0 heterocycles. The molecule has 1 aromatic carbocycles. The average Bonchev–Trinajstić information content (AvgIpc) is 2.86. The molecule has 0 aliphatic heterocycles. The normalized spacial score (nSPS) is 25.0. The van der Waals surface area contributed by atoms with Gasteiger partial charge in [0.25, 0.3) is 0 Å². The van der Waals surface area contributed by atoms with Crippen LogP contribution in [0.3, 0.4) is 0 Å². The maximum atomic E-state index is 9.97. The van der Waals surface area contributed by atoms with E-state index in [9.17, 15) is 4.79 Å². The van der Waals surface area contributed by atoms with E-state index >= 15 is 0 Å². The fraction of sp³-hybridized carbons (Fsp3) is 0.300. The first kappa shape index (κ1) is 8.49. The monoisotopic (exact) mass is 193 g/mol. The van der Waals surface area contributed by atoms with Gasteiger partial charge >= 0.3 is 0 Å². The van der Waals surface area contributed by atoms with Crippen molar-refractivity contribution >= 4 is 17.7 Å². The van der Waals surface area contributed by atoms with E-state index in [-0.39, 0.29) is 6.04 Å². The molecule has 2 atom stereocenters. The van der Waals surface area contributed by atoms with Gasteiger partial charge < -0.3 is 0 Å². The van der Waals surface area contributed by atoms with E-state index in [0.717, 1.165) is 11.4 Å². The van der Waals surface area contributed by atoms with E-state index in [0.29, 0.717) is 5.92 Å². The zero-order chi connectivity index (χ0) is 9.26. The summed E-state index contributed by atoms with van der Waals surface area (Å²) in [7, 11) is 0. The van der Waals surface area contributed by atoms with Crippen molar-refractivity contribution in [2.45, 2.75) is 18.4 Å². The van der Waals surface area contributed by atoms with E-state index in [1.807, 2.05) is 24.3 Å². The van der Waals surface area contributed by atoms with Gasteiger partial charge in [-0.1, -0.05) is 23.7 Å². The standard InChI is InChI=1S/C10H8ClNO/c11-8-3-1-7(2-4-8)9-5-10(9)12-6-13/h1-4,9-10H,5H2/t9-,10+/m1/s1. The largest absolute Gasteiger partial charge is 0.235 e. The molecule has 1 aromatic rings. The Morgan fingerprint density at radius 3 is 2.69 bits per heavy atom. The van der Waals surface area contributed by atoms with Gasteiger partial charge in [0.1, 0.15) is 0 Å². The lowest BCUT2D eigenvalue weighted by atomic mass is 10.1. The summed E-state index contributed by atoms with van der Waals surface area (Å²) in [6.45, 7) is 0. The summed E-state index contributed by atoms with van der Waals surface area (Å²) < 4.78 is 0. The molecule has 1 saturated carbocycles. The predicted octanol–water partition coefficient (Wildman–Crippen LogP) is 2.53. The third-order valence-electron chi connectivity index (χ3n) is 2.27. The average molecular weight is 194 g/mol. The summed E-state index contributed by atoms with van der Waals surface area (Å²) in [5.41, 5.74) is 1.20. The lowest BCUT2D eigenvalue weighted by molar-refractivity contribution is 0.562. The van der Waals surface area contributed by atoms with Crippen molar-refractivity contribution in [3.8, 4) is 0 Å². The van der Waals surface area contributed by atoms with Crippen molar-refractivity contribution in [2.24, 2.45) is 4.99 Å². The Bertz CT molecular complexity index is 354. The van der Waals surface area contributed by atoms with Crippen molar-refractivity contribution in [1.82, 2.24) is 0 Å². The van der Waals surface area contributed by atoms with Crippen LogP contribution in [0.1, 0.15) is 17.9 Å². The highest BCUT2D eigenvalue weighted by Gasteiger charge is 2.38. The molecule has 0 radical (unpaired) electrons. The van der Waals surface area contributed by atoms with Gasteiger partial charge in [-0.05, 0) is 24.1 Å². The van der Waals surface area contributed by atoms with Gasteiger partial charge in [-0.25, -0.2) is 9.79 Å². The number of aliphatic imine (C=N–C) groups is 1. The molecular weight excluding hydrogens is 186 g/mol. The van der Waals surface area contributed by atoms with E-state index in [4.69, 9.17) is 11.6 Å². The fourth-order valence-corrected chi connectivity index (χ4v) is 1.59. The first-order chi connectivity index (χ1) is 6.31. The molecule has 0 bridgehead atoms. The summed E-state index contributed by atoms with van der Waals surface area (Å²) in [5.74, 6) is 0.402. The zero-order valence-electron chi connectivity index (χ0n) is 6.90. The van der Waals surface area contributed by atoms with Crippen LogP contribution in [-0.4, -0.2) is 12.1 Å². The van der Waals surface area contributed by atoms with Crippen LogP contribution in [0, 0.1) is 0 Å². The Morgan fingerprint density at radius 2 is 2.08 bits per heavy atom. The molecule has 13 heavy (non-hydrogen) atoms. The molecule has 3 heteroatoms. The summed E-state index contributed by atoms with van der Waals surface area (Å²) in [6.07, 6.45) is 2.54. The number of carbonyl (C=O) groups excluding carboxylic acids is 1. The van der Waals surface area contributed by atoms with Crippen LogP contribution in [0.4, 0.5) is 0 Å². The number of benzene rings is 1. The lowest BCUT2D eigenvalue weighted by Gasteiger charge is -1.96.